The number of carbonyl (C=O) groups is 1. The maximum atomic E-state index is 12.4. The molecule has 3 aliphatic rings. The lowest BCUT2D eigenvalue weighted by Gasteiger charge is -2.48. The number of piperidine rings is 1. The molecule has 0 aliphatic carbocycles. The molecule has 0 bridgehead atoms. The van der Waals surface area contributed by atoms with E-state index in [0.29, 0.717) is 18.4 Å². The van der Waals surface area contributed by atoms with E-state index in [1.807, 2.05) is 4.90 Å². The third-order valence-electron chi connectivity index (χ3n) is 6.28. The van der Waals surface area contributed by atoms with Crippen molar-refractivity contribution in [2.45, 2.75) is 44.3 Å². The first kappa shape index (κ1) is 17.6. The zero-order valence-corrected chi connectivity index (χ0v) is 15.9. The minimum atomic E-state index is 0.00421. The van der Waals surface area contributed by atoms with Crippen molar-refractivity contribution in [3.63, 3.8) is 0 Å². The lowest BCUT2D eigenvalue weighted by Crippen LogP contribution is -2.60. The van der Waals surface area contributed by atoms with Crippen LogP contribution in [-0.2, 0) is 11.2 Å². The number of hydrogen-bond donors (Lipinski definition) is 1. The fraction of sp³-hybridized carbons (Fsp3) is 0.650. The number of rotatable bonds is 3. The number of amides is 1. The Kier molecular flexibility index (Phi) is 4.57. The molecule has 2 N–H and O–H groups in total. The van der Waals surface area contributed by atoms with Crippen molar-refractivity contribution in [3.05, 3.63) is 23.3 Å². The third kappa shape index (κ3) is 2.85. The number of ether oxygens (including phenoxy) is 2. The molecule has 1 amide bonds. The van der Waals surface area contributed by atoms with Crippen molar-refractivity contribution >= 4 is 5.91 Å². The van der Waals surface area contributed by atoms with Crippen LogP contribution in [0.2, 0.25) is 0 Å². The lowest BCUT2D eigenvalue weighted by molar-refractivity contribution is -0.131. The molecule has 6 nitrogen and oxygen atoms in total. The van der Waals surface area contributed by atoms with Crippen molar-refractivity contribution in [3.8, 4) is 11.5 Å². The average molecular weight is 359 g/mol. The zero-order chi connectivity index (χ0) is 18.4. The van der Waals surface area contributed by atoms with Crippen molar-refractivity contribution in [1.82, 2.24) is 9.80 Å². The maximum absolute atomic E-state index is 12.4. The van der Waals surface area contributed by atoms with E-state index in [1.165, 1.54) is 11.1 Å². The summed E-state index contributed by atoms with van der Waals surface area (Å²) < 4.78 is 11.0. The molecule has 0 saturated carbocycles. The van der Waals surface area contributed by atoms with Crippen LogP contribution in [-0.4, -0.2) is 61.6 Å². The van der Waals surface area contributed by atoms with Gasteiger partial charge in [0.15, 0.2) is 11.5 Å². The van der Waals surface area contributed by atoms with Gasteiger partial charge in [0.25, 0.3) is 0 Å². The Balaban J connectivity index is 1.60. The standard InChI is InChI=1S/C20H29N3O3/c1-12-6-20(24)23(10-12)17-11-22-5-4-13-7-18(25-2)19(26-3)8-14(13)16(22)9-15(17)21/h7-8,12,15-17H,4-6,9-11,21H2,1-3H3/t12-,15?,16+,17?/m1/s1. The number of benzene rings is 1. The topological polar surface area (TPSA) is 68.0 Å². The molecule has 0 spiro atoms. The summed E-state index contributed by atoms with van der Waals surface area (Å²) in [5.74, 6) is 2.26. The Hall–Kier alpha value is -1.79. The third-order valence-corrected chi connectivity index (χ3v) is 6.28. The molecule has 26 heavy (non-hydrogen) atoms. The van der Waals surface area contributed by atoms with Crippen LogP contribution >= 0.6 is 0 Å². The first-order chi connectivity index (χ1) is 12.5. The second kappa shape index (κ2) is 6.74. The summed E-state index contributed by atoms with van der Waals surface area (Å²) in [4.78, 5) is 16.9. The Morgan fingerprint density at radius 2 is 1.88 bits per heavy atom. The Bertz CT molecular complexity index is 708. The highest BCUT2D eigenvalue weighted by Gasteiger charge is 2.43. The number of hydrogen-bond acceptors (Lipinski definition) is 5. The largest absolute Gasteiger partial charge is 0.493 e. The van der Waals surface area contributed by atoms with Crippen molar-refractivity contribution in [2.75, 3.05) is 33.9 Å². The van der Waals surface area contributed by atoms with E-state index in [1.54, 1.807) is 14.2 Å². The van der Waals surface area contributed by atoms with Crippen LogP contribution in [0.25, 0.3) is 0 Å². The second-order valence-corrected chi connectivity index (χ2v) is 7.99. The van der Waals surface area contributed by atoms with E-state index in [-0.39, 0.29) is 18.0 Å². The number of carbonyl (C=O) groups excluding carboxylic acids is 1. The van der Waals surface area contributed by atoms with E-state index in [4.69, 9.17) is 15.2 Å². The first-order valence-corrected chi connectivity index (χ1v) is 9.55. The Morgan fingerprint density at radius 3 is 2.54 bits per heavy atom. The van der Waals surface area contributed by atoms with Crippen LogP contribution in [0, 0.1) is 5.92 Å². The van der Waals surface area contributed by atoms with Crippen LogP contribution in [0.15, 0.2) is 12.1 Å². The molecule has 1 aromatic carbocycles. The zero-order valence-electron chi connectivity index (χ0n) is 15.9. The molecule has 4 rings (SSSR count). The second-order valence-electron chi connectivity index (χ2n) is 7.99. The summed E-state index contributed by atoms with van der Waals surface area (Å²) >= 11 is 0. The number of nitrogens with two attached hydrogens (primary N) is 1. The molecule has 2 unspecified atom stereocenters. The molecule has 6 heteroatoms. The summed E-state index contributed by atoms with van der Waals surface area (Å²) in [5, 5.41) is 0. The SMILES string of the molecule is COc1cc2c(cc1OC)[C@@H]1CC(N)C(N3C[C@H](C)CC3=O)CN1CC2. The smallest absolute Gasteiger partial charge is 0.223 e. The summed E-state index contributed by atoms with van der Waals surface area (Å²) in [6.07, 6.45) is 2.51. The highest BCUT2D eigenvalue weighted by Crippen LogP contribution is 2.42. The van der Waals surface area contributed by atoms with E-state index in [0.717, 1.165) is 44.0 Å². The molecule has 3 heterocycles. The predicted octanol–water partition coefficient (Wildman–Crippen LogP) is 1.57. The van der Waals surface area contributed by atoms with Gasteiger partial charge < -0.3 is 20.1 Å². The van der Waals surface area contributed by atoms with Crippen LogP contribution < -0.4 is 15.2 Å². The van der Waals surface area contributed by atoms with Gasteiger partial charge in [0.1, 0.15) is 0 Å². The molecule has 142 valence electrons. The van der Waals surface area contributed by atoms with E-state index in [9.17, 15) is 4.79 Å². The van der Waals surface area contributed by atoms with Gasteiger partial charge in [-0.25, -0.2) is 0 Å². The molecule has 0 radical (unpaired) electrons. The normalized spacial score (nSPS) is 31.5. The monoisotopic (exact) mass is 359 g/mol. The minimum Gasteiger partial charge on any atom is -0.493 e. The molecule has 2 fully saturated rings. The predicted molar refractivity (Wildman–Crippen MR) is 99.4 cm³/mol. The quantitative estimate of drug-likeness (QED) is 0.887. The Morgan fingerprint density at radius 1 is 1.15 bits per heavy atom. The highest BCUT2D eigenvalue weighted by molar-refractivity contribution is 5.79. The number of methoxy groups -OCH3 is 2. The fourth-order valence-electron chi connectivity index (χ4n) is 4.93. The van der Waals surface area contributed by atoms with E-state index >= 15 is 0 Å². The van der Waals surface area contributed by atoms with Crippen LogP contribution in [0.1, 0.15) is 36.9 Å². The van der Waals surface area contributed by atoms with Crippen molar-refractivity contribution < 1.29 is 14.3 Å². The highest BCUT2D eigenvalue weighted by atomic mass is 16.5. The molecule has 0 aromatic heterocycles. The molecule has 3 aliphatic heterocycles. The summed E-state index contributed by atoms with van der Waals surface area (Å²) in [6.45, 7) is 4.84. The number of fused-ring (bicyclic) bond motifs is 3. The summed E-state index contributed by atoms with van der Waals surface area (Å²) in [6, 6.07) is 4.64. The lowest BCUT2D eigenvalue weighted by atomic mass is 9.83. The summed E-state index contributed by atoms with van der Waals surface area (Å²) in [7, 11) is 3.35. The molecule has 4 atom stereocenters. The van der Waals surface area contributed by atoms with Crippen LogP contribution in [0.3, 0.4) is 0 Å². The molecule has 2 saturated heterocycles. The van der Waals surface area contributed by atoms with E-state index in [2.05, 4.69) is 24.0 Å². The first-order valence-electron chi connectivity index (χ1n) is 9.55. The molecule has 1 aromatic rings. The Labute approximate surface area is 155 Å². The number of likely N-dealkylation sites (tertiary alicyclic amines) is 1. The van der Waals surface area contributed by atoms with Gasteiger partial charge in [0.2, 0.25) is 5.91 Å². The maximum Gasteiger partial charge on any atom is 0.223 e. The van der Waals surface area contributed by atoms with Gasteiger partial charge in [-0.2, -0.15) is 0 Å². The fourth-order valence-corrected chi connectivity index (χ4v) is 4.93. The van der Waals surface area contributed by atoms with E-state index < -0.39 is 0 Å². The molecular weight excluding hydrogens is 330 g/mol. The van der Waals surface area contributed by atoms with Gasteiger partial charge in [0, 0.05) is 38.1 Å². The minimum absolute atomic E-state index is 0.00421. The van der Waals surface area contributed by atoms with Gasteiger partial charge in [0.05, 0.1) is 20.3 Å². The van der Waals surface area contributed by atoms with Crippen LogP contribution in [0.4, 0.5) is 0 Å². The van der Waals surface area contributed by atoms with Crippen molar-refractivity contribution in [1.29, 1.82) is 0 Å². The average Bonchev–Trinajstić information content (AvgIpc) is 2.97. The van der Waals surface area contributed by atoms with Crippen LogP contribution in [0.5, 0.6) is 11.5 Å². The summed E-state index contributed by atoms with van der Waals surface area (Å²) in [5.41, 5.74) is 9.20. The van der Waals surface area contributed by atoms with Gasteiger partial charge >= 0.3 is 0 Å². The van der Waals surface area contributed by atoms with Gasteiger partial charge in [-0.1, -0.05) is 6.92 Å². The molecular formula is C20H29N3O3. The van der Waals surface area contributed by atoms with Gasteiger partial charge in [-0.05, 0) is 42.0 Å². The number of nitrogens with zero attached hydrogens (tertiary/aromatic N) is 2. The van der Waals surface area contributed by atoms with Crippen molar-refractivity contribution in [2.24, 2.45) is 11.7 Å². The van der Waals surface area contributed by atoms with Gasteiger partial charge in [-0.3, -0.25) is 9.69 Å². The van der Waals surface area contributed by atoms with Gasteiger partial charge in [-0.15, -0.1) is 0 Å².